The van der Waals surface area contributed by atoms with Crippen LogP contribution in [-0.4, -0.2) is 70.3 Å². The average Bonchev–Trinajstić information content (AvgIpc) is 3.45. The molecule has 2 saturated heterocycles. The zero-order chi connectivity index (χ0) is 22.6. The van der Waals surface area contributed by atoms with Gasteiger partial charge in [0.2, 0.25) is 0 Å². The number of nitrogens with one attached hydrogen (secondary N) is 1. The highest BCUT2D eigenvalue weighted by atomic mass is 19.4. The number of likely N-dealkylation sites (tertiary alicyclic amines) is 1. The summed E-state index contributed by atoms with van der Waals surface area (Å²) in [6, 6.07) is 6.18. The molecule has 2 N–H and O–H groups in total. The van der Waals surface area contributed by atoms with E-state index < -0.39 is 12.1 Å². The van der Waals surface area contributed by atoms with Crippen LogP contribution in [0.2, 0.25) is 0 Å². The van der Waals surface area contributed by atoms with E-state index in [1.807, 2.05) is 24.4 Å². The summed E-state index contributed by atoms with van der Waals surface area (Å²) in [6.45, 7) is 2.43. The number of ether oxygens (including phenoxy) is 1. The van der Waals surface area contributed by atoms with Crippen LogP contribution in [0, 0.1) is 0 Å². The molecular formula is C20H25F3N4O4. The van der Waals surface area contributed by atoms with E-state index in [9.17, 15) is 18.0 Å². The molecule has 0 radical (unpaired) electrons. The molecule has 2 atom stereocenters. The number of nitrogens with zero attached hydrogens (tertiary/aromatic N) is 3. The first-order valence-electron chi connectivity index (χ1n) is 10.1. The number of alkyl halides is 3. The average molecular weight is 442 g/mol. The fourth-order valence-corrected chi connectivity index (χ4v) is 3.80. The Labute approximate surface area is 177 Å². The molecule has 2 aliphatic rings. The molecule has 0 aliphatic carbocycles. The van der Waals surface area contributed by atoms with Crippen molar-refractivity contribution in [1.82, 2.24) is 19.6 Å². The summed E-state index contributed by atoms with van der Waals surface area (Å²) in [7, 11) is 2.12. The lowest BCUT2D eigenvalue weighted by Crippen LogP contribution is -2.32. The number of carboxylic acid groups (broad SMARTS) is 1. The zero-order valence-corrected chi connectivity index (χ0v) is 17.1. The Hall–Kier alpha value is -2.66. The van der Waals surface area contributed by atoms with E-state index in [-0.39, 0.29) is 18.1 Å². The van der Waals surface area contributed by atoms with Crippen molar-refractivity contribution in [2.24, 2.45) is 0 Å². The second-order valence-corrected chi connectivity index (χ2v) is 7.56. The van der Waals surface area contributed by atoms with E-state index in [0.717, 1.165) is 43.8 Å². The van der Waals surface area contributed by atoms with Gasteiger partial charge in [-0.1, -0.05) is 6.07 Å². The van der Waals surface area contributed by atoms with Gasteiger partial charge < -0.3 is 19.6 Å². The smallest absolute Gasteiger partial charge is 0.475 e. The van der Waals surface area contributed by atoms with Crippen molar-refractivity contribution in [2.75, 3.05) is 26.7 Å². The van der Waals surface area contributed by atoms with E-state index >= 15 is 0 Å². The third-order valence-corrected chi connectivity index (χ3v) is 5.37. The van der Waals surface area contributed by atoms with Crippen molar-refractivity contribution in [3.63, 3.8) is 0 Å². The Bertz CT molecular complexity index is 925. The topological polar surface area (TPSA) is 96.2 Å². The summed E-state index contributed by atoms with van der Waals surface area (Å²) in [5, 5.41) is 10.1. The van der Waals surface area contributed by atoms with Crippen LogP contribution in [0.4, 0.5) is 13.2 Å². The van der Waals surface area contributed by atoms with E-state index in [0.29, 0.717) is 12.2 Å². The van der Waals surface area contributed by atoms with Crippen LogP contribution in [0.1, 0.15) is 48.0 Å². The molecule has 11 heteroatoms. The summed E-state index contributed by atoms with van der Waals surface area (Å²) in [5.74, 6) is -1.90. The van der Waals surface area contributed by atoms with Gasteiger partial charge in [0.1, 0.15) is 5.82 Å². The van der Waals surface area contributed by atoms with Crippen molar-refractivity contribution in [3.8, 4) is 0 Å². The van der Waals surface area contributed by atoms with Gasteiger partial charge in [-0.05, 0) is 51.4 Å². The summed E-state index contributed by atoms with van der Waals surface area (Å²) >= 11 is 0. The fourth-order valence-electron chi connectivity index (χ4n) is 3.80. The number of carbonyl (C=O) groups is 2. The molecule has 1 amide bonds. The fraction of sp³-hybridized carbons (Fsp3) is 0.550. The second kappa shape index (κ2) is 9.65. The molecule has 0 spiro atoms. The molecule has 4 heterocycles. The molecule has 8 nitrogen and oxygen atoms in total. The monoisotopic (exact) mass is 442 g/mol. The van der Waals surface area contributed by atoms with Gasteiger partial charge in [-0.3, -0.25) is 9.69 Å². The highest BCUT2D eigenvalue weighted by Gasteiger charge is 2.38. The predicted octanol–water partition coefficient (Wildman–Crippen LogP) is 2.64. The number of amides is 1. The number of carboxylic acids is 1. The van der Waals surface area contributed by atoms with Crippen LogP contribution < -0.4 is 5.32 Å². The molecule has 2 fully saturated rings. The number of hydrogen-bond donors (Lipinski definition) is 2. The van der Waals surface area contributed by atoms with Gasteiger partial charge in [0, 0.05) is 19.3 Å². The lowest BCUT2D eigenvalue weighted by Gasteiger charge is -2.17. The largest absolute Gasteiger partial charge is 0.490 e. The minimum atomic E-state index is -5.08. The number of pyridine rings is 1. The van der Waals surface area contributed by atoms with Crippen molar-refractivity contribution in [2.45, 2.75) is 44.0 Å². The Morgan fingerprint density at radius 1 is 1.29 bits per heavy atom. The summed E-state index contributed by atoms with van der Waals surface area (Å²) < 4.78 is 39.4. The third kappa shape index (κ3) is 5.53. The van der Waals surface area contributed by atoms with Crippen LogP contribution in [0.5, 0.6) is 0 Å². The minimum absolute atomic E-state index is 0.110. The van der Waals surface area contributed by atoms with Gasteiger partial charge in [-0.25, -0.2) is 9.78 Å². The van der Waals surface area contributed by atoms with Crippen molar-refractivity contribution in [3.05, 3.63) is 35.9 Å². The molecular weight excluding hydrogens is 417 g/mol. The molecule has 2 aromatic heterocycles. The zero-order valence-electron chi connectivity index (χ0n) is 17.1. The van der Waals surface area contributed by atoms with E-state index in [1.54, 1.807) is 0 Å². The number of hydrogen-bond acceptors (Lipinski definition) is 5. The Morgan fingerprint density at radius 2 is 2.03 bits per heavy atom. The van der Waals surface area contributed by atoms with Gasteiger partial charge in [-0.2, -0.15) is 13.2 Å². The molecule has 0 bridgehead atoms. The highest BCUT2D eigenvalue weighted by Crippen LogP contribution is 2.31. The Morgan fingerprint density at radius 3 is 2.61 bits per heavy atom. The Balaban J connectivity index is 0.000000339. The summed E-state index contributed by atoms with van der Waals surface area (Å²) in [4.78, 5) is 28.6. The van der Waals surface area contributed by atoms with Gasteiger partial charge in [-0.15, -0.1) is 0 Å². The van der Waals surface area contributed by atoms with Crippen LogP contribution in [-0.2, 0) is 9.53 Å². The highest BCUT2D eigenvalue weighted by molar-refractivity contribution is 5.99. The number of aromatic nitrogens is 2. The van der Waals surface area contributed by atoms with Gasteiger partial charge >= 0.3 is 12.1 Å². The maximum atomic E-state index is 12.7. The van der Waals surface area contributed by atoms with Gasteiger partial charge in [0.15, 0.2) is 5.69 Å². The number of halogens is 3. The summed E-state index contributed by atoms with van der Waals surface area (Å²) in [5.41, 5.74) is 1.39. The lowest BCUT2D eigenvalue weighted by molar-refractivity contribution is -0.192. The number of carbonyl (C=O) groups excluding carboxylic acids is 1. The molecule has 2 aromatic rings. The normalized spacial score (nSPS) is 21.7. The number of fused-ring (bicyclic) bond motifs is 1. The lowest BCUT2D eigenvalue weighted by atomic mass is 10.2. The third-order valence-electron chi connectivity index (χ3n) is 5.37. The maximum Gasteiger partial charge on any atom is 0.490 e. The van der Waals surface area contributed by atoms with Crippen LogP contribution in [0.3, 0.4) is 0 Å². The van der Waals surface area contributed by atoms with E-state index in [2.05, 4.69) is 21.7 Å². The van der Waals surface area contributed by atoms with Crippen LogP contribution in [0.15, 0.2) is 24.4 Å². The first-order chi connectivity index (χ1) is 14.7. The van der Waals surface area contributed by atoms with Gasteiger partial charge in [0.05, 0.1) is 17.7 Å². The van der Waals surface area contributed by atoms with E-state index in [1.165, 1.54) is 6.42 Å². The van der Waals surface area contributed by atoms with Crippen LogP contribution in [0.25, 0.3) is 5.52 Å². The number of imidazole rings is 1. The molecule has 170 valence electrons. The standard InChI is InChI=1S/C18H24N4O2.C2HF3O2/c1-21-9-4-8-15(21)17-20-16(14-7-2-3-10-22(14)17)18(23)19-12-13-6-5-11-24-13;3-2(4,5)1(6)7/h2-3,7,10,13,15H,4-6,8-9,11-12H2,1H3,(H,19,23);(H,6,7). The first-order valence-corrected chi connectivity index (χ1v) is 10.1. The SMILES string of the molecule is CN1CCCC1c1nc(C(=O)NCC2CCCO2)c2ccccn12.O=C(O)C(F)(F)F. The molecule has 4 rings (SSSR count). The molecule has 31 heavy (non-hydrogen) atoms. The van der Waals surface area contributed by atoms with Crippen molar-refractivity contribution in [1.29, 1.82) is 0 Å². The molecule has 0 saturated carbocycles. The van der Waals surface area contributed by atoms with Crippen LogP contribution >= 0.6 is 0 Å². The minimum Gasteiger partial charge on any atom is -0.475 e. The summed E-state index contributed by atoms with van der Waals surface area (Å²) in [6.07, 6.45) is 1.41. The van der Waals surface area contributed by atoms with E-state index in [4.69, 9.17) is 19.6 Å². The van der Waals surface area contributed by atoms with Gasteiger partial charge in [0.25, 0.3) is 5.91 Å². The molecule has 2 aliphatic heterocycles. The Kier molecular flexibility index (Phi) is 7.16. The number of aliphatic carboxylic acids is 1. The molecule has 2 unspecified atom stereocenters. The van der Waals surface area contributed by atoms with Crippen molar-refractivity contribution >= 4 is 17.4 Å². The second-order valence-electron chi connectivity index (χ2n) is 7.56. The predicted molar refractivity (Wildman–Crippen MR) is 105 cm³/mol. The maximum absolute atomic E-state index is 12.7. The molecule has 0 aromatic carbocycles. The quantitative estimate of drug-likeness (QED) is 0.756. The number of rotatable bonds is 4. The van der Waals surface area contributed by atoms with Crippen molar-refractivity contribution < 1.29 is 32.6 Å². The first kappa shape index (κ1) is 23.0.